The first-order chi connectivity index (χ1) is 17.0. The summed E-state index contributed by atoms with van der Waals surface area (Å²) in [5, 5.41) is 13.0. The van der Waals surface area contributed by atoms with Crippen molar-refractivity contribution in [3.8, 4) is 5.75 Å². The molecule has 7 rings (SSSR count). The number of nitrogens with zero attached hydrogens (tertiary/aromatic N) is 2. The SMILES string of the molecule is CCCCOc1ccc(N2C(=O)C3C4c5ccccc5C([N+](=O)[O-])(c5ccccc54)C3C2=O)cc1. The van der Waals surface area contributed by atoms with E-state index in [0.29, 0.717) is 29.2 Å². The highest BCUT2D eigenvalue weighted by molar-refractivity contribution is 6.23. The lowest BCUT2D eigenvalue weighted by Crippen LogP contribution is -2.57. The molecule has 4 aliphatic rings. The molecule has 0 spiro atoms. The second-order valence-electron chi connectivity index (χ2n) is 9.39. The van der Waals surface area contributed by atoms with Gasteiger partial charge in [-0.05, 0) is 41.8 Å². The number of carbonyl (C=O) groups is 2. The maximum atomic E-state index is 13.9. The van der Waals surface area contributed by atoms with E-state index in [-0.39, 0.29) is 10.8 Å². The van der Waals surface area contributed by atoms with E-state index >= 15 is 0 Å². The molecule has 0 saturated carbocycles. The van der Waals surface area contributed by atoms with Crippen LogP contribution in [0.4, 0.5) is 5.69 Å². The molecule has 35 heavy (non-hydrogen) atoms. The van der Waals surface area contributed by atoms with E-state index in [0.717, 1.165) is 28.9 Å². The summed E-state index contributed by atoms with van der Waals surface area (Å²) in [5.41, 5.74) is 1.13. The van der Waals surface area contributed by atoms with Gasteiger partial charge in [0.1, 0.15) is 11.7 Å². The van der Waals surface area contributed by atoms with Gasteiger partial charge >= 0.3 is 0 Å². The van der Waals surface area contributed by atoms with Crippen molar-refractivity contribution in [1.82, 2.24) is 0 Å². The Morgan fingerprint density at radius 2 is 1.51 bits per heavy atom. The van der Waals surface area contributed by atoms with E-state index in [1.54, 1.807) is 48.5 Å². The molecule has 3 aromatic carbocycles. The summed E-state index contributed by atoms with van der Waals surface area (Å²) in [6.07, 6.45) is 1.95. The third-order valence-electron chi connectivity index (χ3n) is 7.72. The number of rotatable bonds is 6. The Morgan fingerprint density at radius 3 is 2.09 bits per heavy atom. The van der Waals surface area contributed by atoms with Crippen molar-refractivity contribution < 1.29 is 19.2 Å². The van der Waals surface area contributed by atoms with Crippen LogP contribution in [0.5, 0.6) is 5.75 Å². The number of amides is 2. The van der Waals surface area contributed by atoms with Gasteiger partial charge in [0.05, 0.1) is 18.2 Å². The van der Waals surface area contributed by atoms with E-state index < -0.39 is 29.2 Å². The van der Waals surface area contributed by atoms with Gasteiger partial charge in [-0.1, -0.05) is 61.9 Å². The average molecular weight is 469 g/mol. The Labute approximate surface area is 202 Å². The number of imide groups is 1. The molecular formula is C28H24N2O5. The van der Waals surface area contributed by atoms with Crippen LogP contribution in [0.25, 0.3) is 0 Å². The van der Waals surface area contributed by atoms with Crippen molar-refractivity contribution in [3.63, 3.8) is 0 Å². The zero-order valence-corrected chi connectivity index (χ0v) is 19.2. The molecule has 2 bridgehead atoms. The Hall–Kier alpha value is -4.00. The predicted octanol–water partition coefficient (Wildman–Crippen LogP) is 4.65. The van der Waals surface area contributed by atoms with Gasteiger partial charge in [0.2, 0.25) is 11.8 Å². The quantitative estimate of drug-likeness (QED) is 0.227. The van der Waals surface area contributed by atoms with Crippen LogP contribution in [0.3, 0.4) is 0 Å². The summed E-state index contributed by atoms with van der Waals surface area (Å²) < 4.78 is 5.71. The molecule has 2 amide bonds. The van der Waals surface area contributed by atoms with Gasteiger partial charge in [0, 0.05) is 22.0 Å². The minimum Gasteiger partial charge on any atom is -0.494 e. The molecule has 3 aromatic rings. The molecule has 1 aliphatic heterocycles. The highest BCUT2D eigenvalue weighted by Gasteiger charge is 2.74. The van der Waals surface area contributed by atoms with Gasteiger partial charge in [0.25, 0.3) is 5.54 Å². The second kappa shape index (κ2) is 7.77. The Bertz CT molecular complexity index is 1320. The zero-order chi connectivity index (χ0) is 24.3. The molecular weight excluding hydrogens is 444 g/mol. The number of hydrogen-bond acceptors (Lipinski definition) is 5. The highest BCUT2D eigenvalue weighted by Crippen LogP contribution is 2.64. The average Bonchev–Trinajstić information content (AvgIpc) is 3.15. The maximum absolute atomic E-state index is 13.9. The van der Waals surface area contributed by atoms with Crippen LogP contribution in [0.1, 0.15) is 47.9 Å². The minimum atomic E-state index is -1.81. The van der Waals surface area contributed by atoms with E-state index in [9.17, 15) is 19.7 Å². The third kappa shape index (κ3) is 2.72. The Balaban J connectivity index is 1.49. The van der Waals surface area contributed by atoms with E-state index in [1.807, 2.05) is 24.3 Å². The van der Waals surface area contributed by atoms with Gasteiger partial charge < -0.3 is 4.74 Å². The molecule has 7 nitrogen and oxygen atoms in total. The largest absolute Gasteiger partial charge is 0.494 e. The minimum absolute atomic E-state index is 0.350. The standard InChI is InChI=1S/C28H24N2O5/c1-2-3-16-35-18-14-12-17(13-15-18)29-26(31)24-23-19-8-4-6-10-21(19)28(30(33)34,25(24)27(29)32)22-11-7-5-9-20(22)23/h4-15,23-25H,2-3,16H2,1H3. The van der Waals surface area contributed by atoms with Crippen LogP contribution in [-0.2, 0) is 15.1 Å². The number of carbonyl (C=O) groups excluding carboxylic acids is 2. The summed E-state index contributed by atoms with van der Waals surface area (Å²) in [4.78, 5) is 41.6. The third-order valence-corrected chi connectivity index (χ3v) is 7.72. The molecule has 1 saturated heterocycles. The maximum Gasteiger partial charge on any atom is 0.285 e. The van der Waals surface area contributed by atoms with Crippen LogP contribution in [0, 0.1) is 22.0 Å². The fourth-order valence-corrected chi connectivity index (χ4v) is 6.32. The molecule has 7 heteroatoms. The lowest BCUT2D eigenvalue weighted by Gasteiger charge is -2.48. The van der Waals surface area contributed by atoms with E-state index in [1.165, 1.54) is 0 Å². The zero-order valence-electron chi connectivity index (χ0n) is 19.2. The normalized spacial score (nSPS) is 25.7. The lowest BCUT2D eigenvalue weighted by molar-refractivity contribution is -0.578. The molecule has 176 valence electrons. The second-order valence-corrected chi connectivity index (χ2v) is 9.39. The smallest absolute Gasteiger partial charge is 0.285 e. The van der Waals surface area contributed by atoms with Crippen LogP contribution < -0.4 is 9.64 Å². The first-order valence-electron chi connectivity index (χ1n) is 12.0. The van der Waals surface area contributed by atoms with Crippen molar-refractivity contribution in [1.29, 1.82) is 0 Å². The summed E-state index contributed by atoms with van der Waals surface area (Å²) in [6.45, 7) is 2.67. The monoisotopic (exact) mass is 468 g/mol. The topological polar surface area (TPSA) is 89.8 Å². The summed E-state index contributed by atoms with van der Waals surface area (Å²) in [7, 11) is 0. The molecule has 0 radical (unpaired) electrons. The van der Waals surface area contributed by atoms with Crippen molar-refractivity contribution in [2.45, 2.75) is 31.2 Å². The number of ether oxygens (including phenoxy) is 1. The molecule has 2 atom stereocenters. The van der Waals surface area contributed by atoms with E-state index in [4.69, 9.17) is 4.74 Å². The van der Waals surface area contributed by atoms with Crippen LogP contribution in [0.15, 0.2) is 72.8 Å². The van der Waals surface area contributed by atoms with E-state index in [2.05, 4.69) is 6.92 Å². The molecule has 2 unspecified atom stereocenters. The summed E-state index contributed by atoms with van der Waals surface area (Å²) >= 11 is 0. The van der Waals surface area contributed by atoms with Gasteiger partial charge in [-0.15, -0.1) is 0 Å². The first-order valence-corrected chi connectivity index (χ1v) is 12.0. The Morgan fingerprint density at radius 1 is 0.914 bits per heavy atom. The lowest BCUT2D eigenvalue weighted by atomic mass is 9.51. The summed E-state index contributed by atoms with van der Waals surface area (Å²) in [6, 6.07) is 21.2. The van der Waals surface area contributed by atoms with Crippen molar-refractivity contribution >= 4 is 17.5 Å². The fraction of sp³-hybridized carbons (Fsp3) is 0.286. The van der Waals surface area contributed by atoms with Gasteiger partial charge in [-0.3, -0.25) is 19.7 Å². The van der Waals surface area contributed by atoms with Crippen molar-refractivity contribution in [3.05, 3.63) is 105 Å². The number of benzene rings is 3. The predicted molar refractivity (Wildman–Crippen MR) is 129 cm³/mol. The molecule has 3 aliphatic carbocycles. The Kier molecular flexibility index (Phi) is 4.78. The molecule has 1 heterocycles. The fourth-order valence-electron chi connectivity index (χ4n) is 6.32. The summed E-state index contributed by atoms with van der Waals surface area (Å²) in [5.74, 6) is -2.61. The number of hydrogen-bond donors (Lipinski definition) is 0. The molecule has 0 aromatic heterocycles. The molecule has 1 fully saturated rings. The van der Waals surface area contributed by atoms with Crippen LogP contribution >= 0.6 is 0 Å². The van der Waals surface area contributed by atoms with Gasteiger partial charge in [-0.25, -0.2) is 4.90 Å². The van der Waals surface area contributed by atoms with Crippen LogP contribution in [0.2, 0.25) is 0 Å². The van der Waals surface area contributed by atoms with Gasteiger partial charge in [0.15, 0.2) is 0 Å². The van der Waals surface area contributed by atoms with Crippen molar-refractivity contribution in [2.24, 2.45) is 11.8 Å². The van der Waals surface area contributed by atoms with Gasteiger partial charge in [-0.2, -0.15) is 0 Å². The highest BCUT2D eigenvalue weighted by atomic mass is 16.6. The number of unbranched alkanes of at least 4 members (excludes halogenated alkanes) is 1. The van der Waals surface area contributed by atoms with Crippen molar-refractivity contribution in [2.75, 3.05) is 11.5 Å². The number of anilines is 1. The first kappa shape index (κ1) is 21.5. The van der Waals surface area contributed by atoms with Crippen LogP contribution in [-0.4, -0.2) is 23.3 Å². The molecule has 0 N–H and O–H groups in total. The number of nitro groups is 1.